The number of unbranched alkanes of at least 4 members (excludes halogenated alkanes) is 1. The molecule has 1 aliphatic rings. The van der Waals surface area contributed by atoms with Crippen molar-refractivity contribution in [2.24, 2.45) is 0 Å². The molecule has 31 heavy (non-hydrogen) atoms. The molecule has 1 aliphatic heterocycles. The van der Waals surface area contributed by atoms with Gasteiger partial charge in [0, 0.05) is 24.7 Å². The molecule has 3 heteroatoms. The molecule has 0 amide bonds. The van der Waals surface area contributed by atoms with Crippen LogP contribution >= 0.6 is 12.2 Å². The molecule has 0 aliphatic carbocycles. The van der Waals surface area contributed by atoms with Gasteiger partial charge in [-0.1, -0.05) is 98.4 Å². The van der Waals surface area contributed by atoms with E-state index in [4.69, 9.17) is 12.2 Å². The summed E-state index contributed by atoms with van der Waals surface area (Å²) in [6.45, 7) is 5.35. The lowest BCUT2D eigenvalue weighted by molar-refractivity contribution is 0.170. The summed E-state index contributed by atoms with van der Waals surface area (Å²) in [5.41, 5.74) is 6.69. The van der Waals surface area contributed by atoms with Crippen molar-refractivity contribution < 1.29 is 0 Å². The molecule has 1 N–H and O–H groups in total. The fourth-order valence-electron chi connectivity index (χ4n) is 4.43. The van der Waals surface area contributed by atoms with Crippen molar-refractivity contribution in [3.8, 4) is 0 Å². The van der Waals surface area contributed by atoms with Gasteiger partial charge in [0.2, 0.25) is 0 Å². The molecular formula is C28H32N2S. The van der Waals surface area contributed by atoms with Gasteiger partial charge in [0.25, 0.3) is 0 Å². The SMILES string of the molecule is CCCCN1Cc2ccccc2C[C@H]1CNC(=S)c1cccc(Cc2ccccc2)c1. The largest absolute Gasteiger partial charge is 0.374 e. The topological polar surface area (TPSA) is 15.3 Å². The quantitative estimate of drug-likeness (QED) is 0.459. The summed E-state index contributed by atoms with van der Waals surface area (Å²) in [4.78, 5) is 3.48. The third-order valence-corrected chi connectivity index (χ3v) is 6.58. The molecule has 3 aromatic carbocycles. The van der Waals surface area contributed by atoms with E-state index in [0.717, 1.165) is 43.0 Å². The van der Waals surface area contributed by atoms with Crippen LogP contribution in [0.2, 0.25) is 0 Å². The Kier molecular flexibility index (Phi) is 7.50. The highest BCUT2D eigenvalue weighted by atomic mass is 32.1. The van der Waals surface area contributed by atoms with E-state index in [9.17, 15) is 0 Å². The second kappa shape index (κ2) is 10.7. The van der Waals surface area contributed by atoms with E-state index >= 15 is 0 Å². The highest BCUT2D eigenvalue weighted by Gasteiger charge is 2.25. The molecule has 0 aromatic heterocycles. The molecule has 0 saturated carbocycles. The second-order valence-electron chi connectivity index (χ2n) is 8.52. The van der Waals surface area contributed by atoms with E-state index in [1.165, 1.54) is 35.1 Å². The molecule has 160 valence electrons. The van der Waals surface area contributed by atoms with Gasteiger partial charge in [-0.15, -0.1) is 0 Å². The summed E-state index contributed by atoms with van der Waals surface area (Å²) in [5, 5.41) is 3.59. The maximum Gasteiger partial charge on any atom is 0.106 e. The zero-order chi connectivity index (χ0) is 21.5. The van der Waals surface area contributed by atoms with Gasteiger partial charge in [-0.3, -0.25) is 4.90 Å². The maximum atomic E-state index is 5.79. The van der Waals surface area contributed by atoms with Crippen LogP contribution in [0.4, 0.5) is 0 Å². The third-order valence-electron chi connectivity index (χ3n) is 6.20. The molecule has 1 atom stereocenters. The first kappa shape index (κ1) is 21.7. The highest BCUT2D eigenvalue weighted by molar-refractivity contribution is 7.80. The van der Waals surface area contributed by atoms with Crippen LogP contribution in [0.1, 0.15) is 47.6 Å². The van der Waals surface area contributed by atoms with Gasteiger partial charge in [-0.25, -0.2) is 0 Å². The van der Waals surface area contributed by atoms with E-state index in [1.54, 1.807) is 0 Å². The predicted molar refractivity (Wildman–Crippen MR) is 135 cm³/mol. The first-order valence-corrected chi connectivity index (χ1v) is 11.9. The van der Waals surface area contributed by atoms with Crippen LogP contribution in [0.25, 0.3) is 0 Å². The number of hydrogen-bond donors (Lipinski definition) is 1. The number of nitrogens with zero attached hydrogens (tertiary/aromatic N) is 1. The van der Waals surface area contributed by atoms with Crippen molar-refractivity contribution in [2.45, 2.75) is 45.2 Å². The Labute approximate surface area is 192 Å². The number of thiocarbonyl (C=S) groups is 1. The van der Waals surface area contributed by atoms with Gasteiger partial charge in [0.1, 0.15) is 4.99 Å². The molecular weight excluding hydrogens is 396 g/mol. The average molecular weight is 429 g/mol. The van der Waals surface area contributed by atoms with Gasteiger partial charge in [0.15, 0.2) is 0 Å². The van der Waals surface area contributed by atoms with Crippen LogP contribution in [0.3, 0.4) is 0 Å². The molecule has 4 rings (SSSR count). The van der Waals surface area contributed by atoms with E-state index in [0.29, 0.717) is 6.04 Å². The Balaban J connectivity index is 1.40. The molecule has 1 heterocycles. The van der Waals surface area contributed by atoms with Crippen LogP contribution in [0, 0.1) is 0 Å². The highest BCUT2D eigenvalue weighted by Crippen LogP contribution is 2.23. The molecule has 0 spiro atoms. The fraction of sp³-hybridized carbons (Fsp3) is 0.321. The molecule has 0 radical (unpaired) electrons. The van der Waals surface area contributed by atoms with Gasteiger partial charge in [0.05, 0.1) is 0 Å². The Morgan fingerprint density at radius 3 is 2.48 bits per heavy atom. The monoisotopic (exact) mass is 428 g/mol. The second-order valence-corrected chi connectivity index (χ2v) is 8.93. The summed E-state index contributed by atoms with van der Waals surface area (Å²) in [6.07, 6.45) is 4.49. The summed E-state index contributed by atoms with van der Waals surface area (Å²) in [6, 6.07) is 28.6. The summed E-state index contributed by atoms with van der Waals surface area (Å²) < 4.78 is 0. The first-order chi connectivity index (χ1) is 15.2. The molecule has 3 aromatic rings. The molecule has 0 fully saturated rings. The van der Waals surface area contributed by atoms with Gasteiger partial charge in [-0.2, -0.15) is 0 Å². The number of benzene rings is 3. The molecule has 0 saturated heterocycles. The van der Waals surface area contributed by atoms with Crippen molar-refractivity contribution in [1.82, 2.24) is 10.2 Å². The zero-order valence-corrected chi connectivity index (χ0v) is 19.2. The molecule has 2 nitrogen and oxygen atoms in total. The van der Waals surface area contributed by atoms with Crippen molar-refractivity contribution >= 4 is 17.2 Å². The Morgan fingerprint density at radius 2 is 1.68 bits per heavy atom. The van der Waals surface area contributed by atoms with Gasteiger partial charge < -0.3 is 5.32 Å². The Hall–Kier alpha value is -2.49. The minimum Gasteiger partial charge on any atom is -0.374 e. The lowest BCUT2D eigenvalue weighted by Gasteiger charge is -2.37. The van der Waals surface area contributed by atoms with E-state index in [-0.39, 0.29) is 0 Å². The normalized spacial score (nSPS) is 16.0. The van der Waals surface area contributed by atoms with Crippen LogP contribution < -0.4 is 5.32 Å². The molecule has 0 unspecified atom stereocenters. The van der Waals surface area contributed by atoms with E-state index < -0.39 is 0 Å². The molecule has 0 bridgehead atoms. The van der Waals surface area contributed by atoms with Gasteiger partial charge in [-0.05, 0) is 54.1 Å². The first-order valence-electron chi connectivity index (χ1n) is 11.4. The van der Waals surface area contributed by atoms with Crippen LogP contribution in [-0.2, 0) is 19.4 Å². The smallest absolute Gasteiger partial charge is 0.106 e. The minimum absolute atomic E-state index is 0.479. The van der Waals surface area contributed by atoms with E-state index in [1.807, 2.05) is 0 Å². The standard InChI is InChI=1S/C28H32N2S/c1-2-3-16-30-21-26-14-8-7-13-24(26)19-27(30)20-29-28(31)25-15-9-12-23(18-25)17-22-10-5-4-6-11-22/h4-15,18,27H,2-3,16-17,19-21H2,1H3,(H,29,31)/t27-/m0/s1. The van der Waals surface area contributed by atoms with Crippen LogP contribution in [-0.4, -0.2) is 29.0 Å². The number of nitrogens with one attached hydrogen (secondary N) is 1. The third kappa shape index (κ3) is 5.81. The number of rotatable bonds is 8. The predicted octanol–water partition coefficient (Wildman–Crippen LogP) is 5.77. The lowest BCUT2D eigenvalue weighted by Crippen LogP contribution is -2.47. The Morgan fingerprint density at radius 1 is 0.935 bits per heavy atom. The number of hydrogen-bond acceptors (Lipinski definition) is 2. The van der Waals surface area contributed by atoms with Crippen molar-refractivity contribution in [2.75, 3.05) is 13.1 Å². The summed E-state index contributed by atoms with van der Waals surface area (Å²) >= 11 is 5.79. The van der Waals surface area contributed by atoms with Crippen LogP contribution in [0.5, 0.6) is 0 Å². The maximum absolute atomic E-state index is 5.79. The average Bonchev–Trinajstić information content (AvgIpc) is 2.81. The van der Waals surface area contributed by atoms with Crippen LogP contribution in [0.15, 0.2) is 78.9 Å². The van der Waals surface area contributed by atoms with Crippen molar-refractivity contribution in [3.63, 3.8) is 0 Å². The lowest BCUT2D eigenvalue weighted by atomic mass is 9.93. The zero-order valence-electron chi connectivity index (χ0n) is 18.4. The summed E-state index contributed by atoms with van der Waals surface area (Å²) in [5.74, 6) is 0. The van der Waals surface area contributed by atoms with Crippen molar-refractivity contribution in [1.29, 1.82) is 0 Å². The van der Waals surface area contributed by atoms with E-state index in [2.05, 4.69) is 96.0 Å². The summed E-state index contributed by atoms with van der Waals surface area (Å²) in [7, 11) is 0. The number of fused-ring (bicyclic) bond motifs is 1. The van der Waals surface area contributed by atoms with Gasteiger partial charge >= 0.3 is 0 Å². The van der Waals surface area contributed by atoms with Crippen molar-refractivity contribution in [3.05, 3.63) is 107 Å². The fourth-order valence-corrected chi connectivity index (χ4v) is 4.64. The Bertz CT molecular complexity index is 999. The minimum atomic E-state index is 0.479.